The Morgan fingerprint density at radius 2 is 1.95 bits per heavy atom. The van der Waals surface area contributed by atoms with Crippen molar-refractivity contribution >= 4 is 12.1 Å². The molecule has 0 unspecified atom stereocenters. The Balaban J connectivity index is 0.000000829. The number of nitrogens with zero attached hydrogens (tertiary/aromatic N) is 2. The van der Waals surface area contributed by atoms with Crippen molar-refractivity contribution in [2.24, 2.45) is 0 Å². The molecular weight excluding hydrogens is 250 g/mol. The minimum atomic E-state index is 0.681. The van der Waals surface area contributed by atoms with E-state index in [1.165, 1.54) is 0 Å². The second-order valence-corrected chi connectivity index (χ2v) is 3.65. The van der Waals surface area contributed by atoms with Gasteiger partial charge in [-0.15, -0.1) is 0 Å². The zero-order chi connectivity index (χ0) is 15.4. The molecule has 2 aromatic rings. The summed E-state index contributed by atoms with van der Waals surface area (Å²) in [5.41, 5.74) is 2.94. The van der Waals surface area contributed by atoms with Crippen LogP contribution in [-0.2, 0) is 11.3 Å². The van der Waals surface area contributed by atoms with Crippen molar-refractivity contribution in [2.75, 3.05) is 5.32 Å². The van der Waals surface area contributed by atoms with Crippen molar-refractivity contribution in [2.45, 2.75) is 41.2 Å². The molecule has 0 aliphatic rings. The maximum atomic E-state index is 10.3. The first kappa shape index (κ1) is 17.9. The number of hydrogen-bond donors (Lipinski definition) is 1. The topological polar surface area (TPSA) is 46.9 Å². The Morgan fingerprint density at radius 3 is 2.50 bits per heavy atom. The van der Waals surface area contributed by atoms with Gasteiger partial charge in [-0.2, -0.15) is 0 Å². The van der Waals surface area contributed by atoms with Gasteiger partial charge in [-0.1, -0.05) is 39.8 Å². The average Bonchev–Trinajstić information content (AvgIpc) is 2.89. The molecule has 0 aliphatic carbocycles. The second-order valence-electron chi connectivity index (χ2n) is 3.65. The maximum absolute atomic E-state index is 10.3. The number of aromatic nitrogens is 2. The summed E-state index contributed by atoms with van der Waals surface area (Å²) in [6.07, 6.45) is 4.47. The lowest BCUT2D eigenvalue weighted by Crippen LogP contribution is -1.98. The molecule has 1 aromatic heterocycles. The van der Waals surface area contributed by atoms with Crippen molar-refractivity contribution in [1.29, 1.82) is 0 Å². The first-order valence-corrected chi connectivity index (χ1v) is 7.05. The molecule has 1 heterocycles. The van der Waals surface area contributed by atoms with E-state index in [1.54, 1.807) is 6.33 Å². The Bertz CT molecular complexity index is 492. The zero-order valence-electron chi connectivity index (χ0n) is 13.1. The minimum absolute atomic E-state index is 0.681. The van der Waals surface area contributed by atoms with Crippen molar-refractivity contribution < 1.29 is 4.79 Å². The third-order valence-electron chi connectivity index (χ3n) is 2.28. The first-order chi connectivity index (χ1) is 9.78. The van der Waals surface area contributed by atoms with Gasteiger partial charge in [0.15, 0.2) is 0 Å². The Kier molecular flexibility index (Phi) is 9.66. The quantitative estimate of drug-likeness (QED) is 0.861. The van der Waals surface area contributed by atoms with Gasteiger partial charge in [-0.3, -0.25) is 4.79 Å². The SMILES string of the molecule is CC.CC.Cc1cn(Cc2cccc(NC=O)c2)cn1. The highest BCUT2D eigenvalue weighted by Crippen LogP contribution is 2.11. The molecule has 0 saturated carbocycles. The summed E-state index contributed by atoms with van der Waals surface area (Å²) < 4.78 is 2.01. The van der Waals surface area contributed by atoms with Gasteiger partial charge < -0.3 is 9.88 Å². The monoisotopic (exact) mass is 275 g/mol. The normalized spacial score (nSPS) is 8.65. The molecule has 0 fully saturated rings. The number of imidazole rings is 1. The minimum Gasteiger partial charge on any atom is -0.333 e. The highest BCUT2D eigenvalue weighted by Gasteiger charge is 1.97. The van der Waals surface area contributed by atoms with Crippen molar-refractivity contribution in [3.05, 3.63) is 48.0 Å². The van der Waals surface area contributed by atoms with Crippen LogP contribution in [0.5, 0.6) is 0 Å². The van der Waals surface area contributed by atoms with Crippen LogP contribution in [0, 0.1) is 6.92 Å². The molecule has 110 valence electrons. The number of aryl methyl sites for hydroxylation is 1. The number of amides is 1. The maximum Gasteiger partial charge on any atom is 0.211 e. The number of benzene rings is 1. The highest BCUT2D eigenvalue weighted by molar-refractivity contribution is 5.71. The summed E-state index contributed by atoms with van der Waals surface area (Å²) >= 11 is 0. The number of nitrogens with one attached hydrogen (secondary N) is 1. The molecule has 1 amide bonds. The van der Waals surface area contributed by atoms with Crippen LogP contribution in [0.2, 0.25) is 0 Å². The Labute approximate surface area is 121 Å². The molecule has 0 atom stereocenters. The fourth-order valence-electron chi connectivity index (χ4n) is 1.60. The van der Waals surface area contributed by atoms with Crippen molar-refractivity contribution in [1.82, 2.24) is 9.55 Å². The number of carbonyl (C=O) groups excluding carboxylic acids is 1. The Morgan fingerprint density at radius 1 is 1.25 bits per heavy atom. The molecule has 2 rings (SSSR count). The smallest absolute Gasteiger partial charge is 0.211 e. The van der Waals surface area contributed by atoms with E-state index >= 15 is 0 Å². The second kappa shape index (κ2) is 10.8. The fraction of sp³-hybridized carbons (Fsp3) is 0.375. The molecule has 1 N–H and O–H groups in total. The summed E-state index contributed by atoms with van der Waals surface area (Å²) in [5.74, 6) is 0. The third-order valence-corrected chi connectivity index (χ3v) is 2.28. The molecule has 0 aliphatic heterocycles. The largest absolute Gasteiger partial charge is 0.333 e. The molecule has 0 bridgehead atoms. The van der Waals surface area contributed by atoms with E-state index < -0.39 is 0 Å². The van der Waals surface area contributed by atoms with E-state index in [-0.39, 0.29) is 0 Å². The number of rotatable bonds is 4. The molecular formula is C16H25N3O. The average molecular weight is 275 g/mol. The van der Waals surface area contributed by atoms with Gasteiger partial charge in [-0.05, 0) is 24.6 Å². The van der Waals surface area contributed by atoms with Crippen LogP contribution >= 0.6 is 0 Å². The number of carbonyl (C=O) groups is 1. The summed E-state index contributed by atoms with van der Waals surface area (Å²) in [6, 6.07) is 7.75. The van der Waals surface area contributed by atoms with Crippen LogP contribution in [-0.4, -0.2) is 16.0 Å². The molecule has 0 spiro atoms. The molecule has 0 radical (unpaired) electrons. The lowest BCUT2D eigenvalue weighted by Gasteiger charge is -2.04. The molecule has 20 heavy (non-hydrogen) atoms. The van der Waals surface area contributed by atoms with Gasteiger partial charge in [0, 0.05) is 18.4 Å². The fourth-order valence-corrected chi connectivity index (χ4v) is 1.60. The van der Waals surface area contributed by atoms with Gasteiger partial charge in [0.25, 0.3) is 0 Å². The summed E-state index contributed by atoms with van der Waals surface area (Å²) in [7, 11) is 0. The number of hydrogen-bond acceptors (Lipinski definition) is 2. The summed E-state index contributed by atoms with van der Waals surface area (Å²) in [4.78, 5) is 14.5. The summed E-state index contributed by atoms with van der Waals surface area (Å²) in [6.45, 7) is 10.7. The van der Waals surface area contributed by atoms with Crippen molar-refractivity contribution in [3.8, 4) is 0 Å². The van der Waals surface area contributed by atoms with E-state index in [4.69, 9.17) is 0 Å². The van der Waals surface area contributed by atoms with Crippen LogP contribution < -0.4 is 5.32 Å². The van der Waals surface area contributed by atoms with E-state index in [9.17, 15) is 4.79 Å². The molecule has 1 aromatic carbocycles. The van der Waals surface area contributed by atoms with Gasteiger partial charge in [-0.25, -0.2) is 4.98 Å². The van der Waals surface area contributed by atoms with E-state index in [0.29, 0.717) is 6.41 Å². The highest BCUT2D eigenvalue weighted by atomic mass is 16.1. The van der Waals surface area contributed by atoms with Gasteiger partial charge in [0.05, 0.1) is 12.0 Å². The Hall–Kier alpha value is -2.10. The van der Waals surface area contributed by atoms with Crippen LogP contribution in [0.1, 0.15) is 39.0 Å². The first-order valence-electron chi connectivity index (χ1n) is 7.05. The standard InChI is InChI=1S/C12H13N3O.2C2H6/c1-10-6-15(8-13-10)7-11-3-2-4-12(5-11)14-9-16;2*1-2/h2-6,8-9H,7H2,1H3,(H,14,16);2*1-2H3. The van der Waals surface area contributed by atoms with Crippen LogP contribution in [0.4, 0.5) is 5.69 Å². The molecule has 4 nitrogen and oxygen atoms in total. The predicted molar refractivity (Wildman–Crippen MR) is 84.9 cm³/mol. The number of anilines is 1. The van der Waals surface area contributed by atoms with Gasteiger partial charge in [0.1, 0.15) is 0 Å². The van der Waals surface area contributed by atoms with E-state index in [1.807, 2.05) is 69.6 Å². The van der Waals surface area contributed by atoms with E-state index in [0.717, 1.165) is 23.5 Å². The zero-order valence-corrected chi connectivity index (χ0v) is 13.1. The molecule has 0 saturated heterocycles. The van der Waals surface area contributed by atoms with Gasteiger partial charge in [0.2, 0.25) is 6.41 Å². The van der Waals surface area contributed by atoms with Crippen LogP contribution in [0.15, 0.2) is 36.8 Å². The van der Waals surface area contributed by atoms with Crippen LogP contribution in [0.3, 0.4) is 0 Å². The van der Waals surface area contributed by atoms with E-state index in [2.05, 4.69) is 10.3 Å². The van der Waals surface area contributed by atoms with Gasteiger partial charge >= 0.3 is 0 Å². The predicted octanol–water partition coefficient (Wildman–Crippen LogP) is 3.86. The third kappa shape index (κ3) is 6.18. The molecule has 4 heteroatoms. The summed E-state index contributed by atoms with van der Waals surface area (Å²) in [5, 5.41) is 2.63. The van der Waals surface area contributed by atoms with Crippen LogP contribution in [0.25, 0.3) is 0 Å². The lowest BCUT2D eigenvalue weighted by atomic mass is 10.2. The lowest BCUT2D eigenvalue weighted by molar-refractivity contribution is -0.105. The van der Waals surface area contributed by atoms with Crippen molar-refractivity contribution in [3.63, 3.8) is 0 Å².